The molecule has 5 nitrogen and oxygen atoms in total. The summed E-state index contributed by atoms with van der Waals surface area (Å²) in [5.41, 5.74) is 0.665. The lowest BCUT2D eigenvalue weighted by molar-refractivity contribution is -0.137. The molecule has 3 rings (SSSR count). The number of fused-ring (bicyclic) bond motifs is 1. The molecule has 1 aliphatic rings. The Bertz CT molecular complexity index is 903. The summed E-state index contributed by atoms with van der Waals surface area (Å²) in [7, 11) is 1.15. The summed E-state index contributed by atoms with van der Waals surface area (Å²) in [4.78, 5) is 25.9. The molecule has 26 heavy (non-hydrogen) atoms. The molecule has 0 saturated carbocycles. The van der Waals surface area contributed by atoms with Crippen LogP contribution < -0.4 is 4.90 Å². The second-order valence-corrected chi connectivity index (χ2v) is 5.77. The average molecular weight is 359 g/mol. The quantitative estimate of drug-likeness (QED) is 0.854. The van der Waals surface area contributed by atoms with Gasteiger partial charge in [-0.15, -0.1) is 0 Å². The number of carbonyl (C=O) groups is 2. The first kappa shape index (κ1) is 17.6. The molecular formula is C19H15F2NO4. The van der Waals surface area contributed by atoms with Gasteiger partial charge in [-0.2, -0.15) is 0 Å². The number of methoxy groups -OCH3 is 1. The van der Waals surface area contributed by atoms with E-state index in [1.54, 1.807) is 24.3 Å². The number of ether oxygens (including phenoxy) is 1. The normalized spacial score (nSPS) is 14.1. The third-order valence-corrected chi connectivity index (χ3v) is 4.06. The van der Waals surface area contributed by atoms with Crippen molar-refractivity contribution in [2.45, 2.75) is 13.0 Å². The topological polar surface area (TPSA) is 66.8 Å². The highest BCUT2D eigenvalue weighted by Crippen LogP contribution is 2.34. The Morgan fingerprint density at radius 1 is 1.19 bits per heavy atom. The molecule has 0 atom stereocenters. The number of aliphatic hydroxyl groups excluding tert-OH is 1. The van der Waals surface area contributed by atoms with Crippen molar-refractivity contribution in [3.8, 4) is 0 Å². The van der Waals surface area contributed by atoms with Crippen LogP contribution in [0.1, 0.15) is 17.5 Å². The molecule has 1 heterocycles. The lowest BCUT2D eigenvalue weighted by atomic mass is 10.1. The Labute approximate surface area is 148 Å². The van der Waals surface area contributed by atoms with E-state index in [0.717, 1.165) is 25.3 Å². The van der Waals surface area contributed by atoms with Gasteiger partial charge in [-0.05, 0) is 29.8 Å². The fourth-order valence-electron chi connectivity index (χ4n) is 2.89. The van der Waals surface area contributed by atoms with E-state index in [1.165, 1.54) is 4.90 Å². The smallest absolute Gasteiger partial charge is 0.338 e. The van der Waals surface area contributed by atoms with Gasteiger partial charge < -0.3 is 14.7 Å². The zero-order valence-electron chi connectivity index (χ0n) is 13.8. The van der Waals surface area contributed by atoms with Crippen LogP contribution in [0.25, 0.3) is 5.76 Å². The summed E-state index contributed by atoms with van der Waals surface area (Å²) in [6.07, 6.45) is -0.398. The molecule has 2 aromatic carbocycles. The maximum absolute atomic E-state index is 13.5. The first-order valence-electron chi connectivity index (χ1n) is 7.76. The van der Waals surface area contributed by atoms with Gasteiger partial charge in [0.05, 0.1) is 31.3 Å². The van der Waals surface area contributed by atoms with Gasteiger partial charge in [0.15, 0.2) is 0 Å². The van der Waals surface area contributed by atoms with E-state index in [1.807, 2.05) is 0 Å². The molecule has 134 valence electrons. The average Bonchev–Trinajstić information content (AvgIpc) is 2.71. The van der Waals surface area contributed by atoms with Crippen molar-refractivity contribution < 1.29 is 28.2 Å². The van der Waals surface area contributed by atoms with Crippen molar-refractivity contribution >= 4 is 23.3 Å². The summed E-state index contributed by atoms with van der Waals surface area (Å²) in [5.74, 6) is -3.19. The standard InChI is InChI=1S/C19H15F2NO4/c1-26-19(25)15-9-17(23)22(10-11-6-12(20)8-13(21)7-11)16-5-3-2-4-14(16)18(15)24/h2-8,24H,9-10H2,1H3. The zero-order chi connectivity index (χ0) is 18.8. The lowest BCUT2D eigenvalue weighted by Gasteiger charge is -2.23. The number of rotatable bonds is 3. The van der Waals surface area contributed by atoms with E-state index >= 15 is 0 Å². The van der Waals surface area contributed by atoms with Crippen LogP contribution in [0.15, 0.2) is 48.0 Å². The minimum atomic E-state index is -0.815. The maximum atomic E-state index is 13.5. The second kappa shape index (κ2) is 6.95. The van der Waals surface area contributed by atoms with Crippen molar-refractivity contribution in [2.75, 3.05) is 12.0 Å². The fourth-order valence-corrected chi connectivity index (χ4v) is 2.89. The minimum Gasteiger partial charge on any atom is -0.507 e. The molecule has 0 radical (unpaired) electrons. The van der Waals surface area contributed by atoms with Crippen molar-refractivity contribution in [3.63, 3.8) is 0 Å². The Morgan fingerprint density at radius 3 is 2.50 bits per heavy atom. The molecule has 0 bridgehead atoms. The van der Waals surface area contributed by atoms with Gasteiger partial charge in [0.2, 0.25) is 5.91 Å². The van der Waals surface area contributed by atoms with Crippen molar-refractivity contribution in [2.24, 2.45) is 0 Å². The molecule has 1 aliphatic heterocycles. The number of hydrogen-bond donors (Lipinski definition) is 1. The molecule has 0 fully saturated rings. The number of benzene rings is 2. The molecular weight excluding hydrogens is 344 g/mol. The molecule has 0 aliphatic carbocycles. The molecule has 0 spiro atoms. The second-order valence-electron chi connectivity index (χ2n) is 5.77. The van der Waals surface area contributed by atoms with E-state index < -0.39 is 29.9 Å². The number of amides is 1. The Kier molecular flexibility index (Phi) is 4.71. The van der Waals surface area contributed by atoms with Crippen LogP contribution in [0.4, 0.5) is 14.5 Å². The summed E-state index contributed by atoms with van der Waals surface area (Å²) < 4.78 is 31.6. The van der Waals surface area contributed by atoms with Crippen LogP contribution in [-0.2, 0) is 20.9 Å². The largest absolute Gasteiger partial charge is 0.507 e. The Morgan fingerprint density at radius 2 is 1.85 bits per heavy atom. The molecule has 2 aromatic rings. The Balaban J connectivity index is 2.08. The van der Waals surface area contributed by atoms with E-state index in [9.17, 15) is 23.5 Å². The van der Waals surface area contributed by atoms with Gasteiger partial charge in [0.1, 0.15) is 17.4 Å². The zero-order valence-corrected chi connectivity index (χ0v) is 13.8. The van der Waals surface area contributed by atoms with E-state index in [4.69, 9.17) is 0 Å². The number of halogens is 2. The predicted molar refractivity (Wildman–Crippen MR) is 90.2 cm³/mol. The summed E-state index contributed by atoms with van der Waals surface area (Å²) in [6, 6.07) is 9.41. The van der Waals surface area contributed by atoms with Crippen molar-refractivity contribution in [1.29, 1.82) is 0 Å². The van der Waals surface area contributed by atoms with E-state index in [2.05, 4.69) is 4.74 Å². The lowest BCUT2D eigenvalue weighted by Crippen LogP contribution is -2.30. The molecule has 1 N–H and O–H groups in total. The van der Waals surface area contributed by atoms with E-state index in [0.29, 0.717) is 5.69 Å². The van der Waals surface area contributed by atoms with Crippen LogP contribution in [0, 0.1) is 11.6 Å². The highest BCUT2D eigenvalue weighted by atomic mass is 19.1. The highest BCUT2D eigenvalue weighted by Gasteiger charge is 2.31. The molecule has 7 heteroatoms. The van der Waals surface area contributed by atoms with Crippen LogP contribution >= 0.6 is 0 Å². The fraction of sp³-hybridized carbons (Fsp3) is 0.158. The first-order chi connectivity index (χ1) is 12.4. The number of para-hydroxylation sites is 1. The molecule has 0 aromatic heterocycles. The van der Waals surface area contributed by atoms with Crippen LogP contribution in [0.3, 0.4) is 0 Å². The van der Waals surface area contributed by atoms with Gasteiger partial charge in [-0.1, -0.05) is 12.1 Å². The van der Waals surface area contributed by atoms with Crippen LogP contribution in [0.2, 0.25) is 0 Å². The van der Waals surface area contributed by atoms with Crippen molar-refractivity contribution in [3.05, 3.63) is 70.8 Å². The molecule has 1 amide bonds. The monoisotopic (exact) mass is 359 g/mol. The maximum Gasteiger partial charge on any atom is 0.338 e. The van der Waals surface area contributed by atoms with Gasteiger partial charge in [0.25, 0.3) is 0 Å². The number of carbonyl (C=O) groups excluding carboxylic acids is 2. The number of aliphatic hydroxyl groups is 1. The van der Waals surface area contributed by atoms with Crippen molar-refractivity contribution in [1.82, 2.24) is 0 Å². The Hall–Kier alpha value is -3.22. The summed E-state index contributed by atoms with van der Waals surface area (Å²) >= 11 is 0. The van der Waals surface area contributed by atoms with Gasteiger partial charge in [-0.25, -0.2) is 13.6 Å². The van der Waals surface area contributed by atoms with Gasteiger partial charge in [-0.3, -0.25) is 4.79 Å². The van der Waals surface area contributed by atoms with Gasteiger partial charge >= 0.3 is 5.97 Å². The SMILES string of the molecule is COC(=O)C1=C(O)c2ccccc2N(Cc2cc(F)cc(F)c2)C(=O)C1. The summed E-state index contributed by atoms with van der Waals surface area (Å²) in [6.45, 7) is -0.119. The number of nitrogens with zero attached hydrogens (tertiary/aromatic N) is 1. The highest BCUT2D eigenvalue weighted by molar-refractivity contribution is 6.09. The third kappa shape index (κ3) is 3.28. The minimum absolute atomic E-state index is 0.119. The number of hydrogen-bond acceptors (Lipinski definition) is 4. The summed E-state index contributed by atoms with van der Waals surface area (Å²) in [5, 5.41) is 10.5. The third-order valence-electron chi connectivity index (χ3n) is 4.06. The van der Waals surface area contributed by atoms with Crippen LogP contribution in [-0.4, -0.2) is 24.1 Å². The molecule has 0 saturated heterocycles. The van der Waals surface area contributed by atoms with Crippen LogP contribution in [0.5, 0.6) is 0 Å². The number of anilines is 1. The number of esters is 1. The molecule has 0 unspecified atom stereocenters. The predicted octanol–water partition coefficient (Wildman–Crippen LogP) is 3.34. The first-order valence-corrected chi connectivity index (χ1v) is 7.76. The van der Waals surface area contributed by atoms with Gasteiger partial charge in [0, 0.05) is 11.6 Å². The van der Waals surface area contributed by atoms with E-state index in [-0.39, 0.29) is 29.0 Å².